The molecule has 2 heterocycles. The molecular weight excluding hydrogens is 266 g/mol. The van der Waals surface area contributed by atoms with E-state index in [1.54, 1.807) is 13.1 Å². The van der Waals surface area contributed by atoms with Crippen molar-refractivity contribution in [1.82, 2.24) is 20.2 Å². The Labute approximate surface area is 121 Å². The van der Waals surface area contributed by atoms with Crippen LogP contribution in [0.1, 0.15) is 30.0 Å². The Hall–Kier alpha value is -2.63. The quantitative estimate of drug-likeness (QED) is 0.689. The average Bonchev–Trinajstić information content (AvgIpc) is 2.84. The summed E-state index contributed by atoms with van der Waals surface area (Å²) in [5.41, 5.74) is 3.24. The van der Waals surface area contributed by atoms with Crippen LogP contribution in [0.3, 0.4) is 0 Å². The van der Waals surface area contributed by atoms with Gasteiger partial charge in [-0.3, -0.25) is 9.89 Å². The maximum Gasteiger partial charge on any atom is 0.256 e. The fraction of sp³-hybridized carbons (Fsp3) is 0.267. The zero-order valence-electron chi connectivity index (χ0n) is 12.2. The standard InChI is InChI=1S/C15H17N5O/c1-8-14(15(21)19-10(3)17-8)9(2)18-12-4-5-13-11(6-12)7-16-20-13/h4-7,9,18H,1-3H3,(H,16,20)(H,17,19,21). The number of nitrogens with one attached hydrogen (secondary N) is 3. The van der Waals surface area contributed by atoms with Crippen LogP contribution in [0.2, 0.25) is 0 Å². The summed E-state index contributed by atoms with van der Waals surface area (Å²) in [6.07, 6.45) is 1.77. The SMILES string of the molecule is Cc1nc(C)c(C(C)Nc2ccc3[nH]ncc3c2)c(=O)[nH]1. The Bertz CT molecular complexity index is 849. The van der Waals surface area contributed by atoms with E-state index in [0.29, 0.717) is 11.4 Å². The van der Waals surface area contributed by atoms with Gasteiger partial charge in [0.1, 0.15) is 5.82 Å². The minimum absolute atomic E-state index is 0.0932. The molecule has 1 aromatic carbocycles. The summed E-state index contributed by atoms with van der Waals surface area (Å²) in [6.45, 7) is 5.59. The smallest absolute Gasteiger partial charge is 0.256 e. The first-order valence-electron chi connectivity index (χ1n) is 6.81. The van der Waals surface area contributed by atoms with Crippen molar-refractivity contribution < 1.29 is 0 Å². The van der Waals surface area contributed by atoms with E-state index in [1.165, 1.54) is 0 Å². The van der Waals surface area contributed by atoms with Gasteiger partial charge in [-0.1, -0.05) is 0 Å². The Balaban J connectivity index is 1.92. The molecule has 0 aliphatic rings. The second-order valence-electron chi connectivity index (χ2n) is 5.19. The number of hydrogen-bond donors (Lipinski definition) is 3. The zero-order valence-corrected chi connectivity index (χ0v) is 12.2. The van der Waals surface area contributed by atoms with Crippen LogP contribution in [-0.4, -0.2) is 20.2 Å². The first-order valence-corrected chi connectivity index (χ1v) is 6.81. The topological polar surface area (TPSA) is 86.5 Å². The number of aryl methyl sites for hydroxylation is 2. The van der Waals surface area contributed by atoms with Crippen molar-refractivity contribution in [3.63, 3.8) is 0 Å². The molecule has 0 spiro atoms. The van der Waals surface area contributed by atoms with Crippen LogP contribution in [0.15, 0.2) is 29.2 Å². The summed E-state index contributed by atoms with van der Waals surface area (Å²) < 4.78 is 0. The summed E-state index contributed by atoms with van der Waals surface area (Å²) >= 11 is 0. The van der Waals surface area contributed by atoms with Crippen LogP contribution < -0.4 is 10.9 Å². The zero-order chi connectivity index (χ0) is 15.0. The molecule has 3 N–H and O–H groups in total. The number of H-pyrrole nitrogens is 2. The molecule has 0 fully saturated rings. The molecule has 3 aromatic rings. The molecule has 0 amide bonds. The number of aromatic amines is 2. The molecule has 1 atom stereocenters. The first kappa shape index (κ1) is 13.4. The number of anilines is 1. The second kappa shape index (κ2) is 5.05. The van der Waals surface area contributed by atoms with E-state index < -0.39 is 0 Å². The molecule has 6 heteroatoms. The summed E-state index contributed by atoms with van der Waals surface area (Å²) in [5, 5.41) is 11.3. The lowest BCUT2D eigenvalue weighted by atomic mass is 10.1. The van der Waals surface area contributed by atoms with E-state index in [4.69, 9.17) is 0 Å². The summed E-state index contributed by atoms with van der Waals surface area (Å²) in [4.78, 5) is 19.2. The Morgan fingerprint density at radius 3 is 2.86 bits per heavy atom. The molecule has 0 saturated heterocycles. The van der Waals surface area contributed by atoms with Gasteiger partial charge in [0.2, 0.25) is 0 Å². The number of aromatic nitrogens is 4. The van der Waals surface area contributed by atoms with E-state index >= 15 is 0 Å². The second-order valence-corrected chi connectivity index (χ2v) is 5.19. The van der Waals surface area contributed by atoms with Crippen molar-refractivity contribution in [2.45, 2.75) is 26.8 Å². The fourth-order valence-electron chi connectivity index (χ4n) is 2.60. The maximum atomic E-state index is 12.1. The van der Waals surface area contributed by atoms with Crippen LogP contribution in [0, 0.1) is 13.8 Å². The van der Waals surface area contributed by atoms with Crippen LogP contribution in [0.5, 0.6) is 0 Å². The average molecular weight is 283 g/mol. The molecular formula is C15H17N5O. The first-order chi connectivity index (χ1) is 10.0. The fourth-order valence-corrected chi connectivity index (χ4v) is 2.60. The predicted molar refractivity (Wildman–Crippen MR) is 82.5 cm³/mol. The Kier molecular flexibility index (Phi) is 3.21. The molecule has 3 rings (SSSR count). The van der Waals surface area contributed by atoms with Crippen molar-refractivity contribution >= 4 is 16.6 Å². The highest BCUT2D eigenvalue weighted by atomic mass is 16.1. The molecule has 6 nitrogen and oxygen atoms in total. The molecule has 0 radical (unpaired) electrons. The lowest BCUT2D eigenvalue weighted by molar-refractivity contribution is 0.814. The van der Waals surface area contributed by atoms with Gasteiger partial charge in [0, 0.05) is 11.1 Å². The normalized spacial score (nSPS) is 12.5. The molecule has 0 aliphatic heterocycles. The number of hydrogen-bond acceptors (Lipinski definition) is 4. The molecule has 2 aromatic heterocycles. The van der Waals surface area contributed by atoms with Gasteiger partial charge in [-0.2, -0.15) is 5.10 Å². The third-order valence-corrected chi connectivity index (χ3v) is 3.52. The number of benzene rings is 1. The van der Waals surface area contributed by atoms with Crippen molar-refractivity contribution in [2.24, 2.45) is 0 Å². The van der Waals surface area contributed by atoms with Crippen molar-refractivity contribution in [3.8, 4) is 0 Å². The van der Waals surface area contributed by atoms with Gasteiger partial charge >= 0.3 is 0 Å². The minimum atomic E-state index is -0.133. The third kappa shape index (κ3) is 2.52. The third-order valence-electron chi connectivity index (χ3n) is 3.52. The monoisotopic (exact) mass is 283 g/mol. The summed E-state index contributed by atoms with van der Waals surface area (Å²) in [6, 6.07) is 5.79. The van der Waals surface area contributed by atoms with Crippen LogP contribution in [-0.2, 0) is 0 Å². The van der Waals surface area contributed by atoms with E-state index in [-0.39, 0.29) is 11.6 Å². The van der Waals surface area contributed by atoms with E-state index in [1.807, 2.05) is 32.0 Å². The Morgan fingerprint density at radius 1 is 1.29 bits per heavy atom. The number of rotatable bonds is 3. The summed E-state index contributed by atoms with van der Waals surface area (Å²) in [7, 11) is 0. The van der Waals surface area contributed by atoms with Crippen molar-refractivity contribution in [3.05, 3.63) is 51.8 Å². The number of fused-ring (bicyclic) bond motifs is 1. The van der Waals surface area contributed by atoms with Gasteiger partial charge in [0.15, 0.2) is 0 Å². The van der Waals surface area contributed by atoms with Crippen LogP contribution in [0.4, 0.5) is 5.69 Å². The van der Waals surface area contributed by atoms with Gasteiger partial charge < -0.3 is 10.3 Å². The molecule has 0 bridgehead atoms. The largest absolute Gasteiger partial charge is 0.378 e. The van der Waals surface area contributed by atoms with Crippen molar-refractivity contribution in [2.75, 3.05) is 5.32 Å². The van der Waals surface area contributed by atoms with Gasteiger partial charge in [-0.25, -0.2) is 4.98 Å². The van der Waals surface area contributed by atoms with Gasteiger partial charge in [0.25, 0.3) is 5.56 Å². The lowest BCUT2D eigenvalue weighted by Gasteiger charge is -2.16. The van der Waals surface area contributed by atoms with E-state index in [0.717, 1.165) is 22.3 Å². The predicted octanol–water partition coefficient (Wildman–Crippen LogP) is 2.44. The van der Waals surface area contributed by atoms with Crippen LogP contribution in [0.25, 0.3) is 10.9 Å². The maximum absolute atomic E-state index is 12.1. The highest BCUT2D eigenvalue weighted by Crippen LogP contribution is 2.21. The van der Waals surface area contributed by atoms with Gasteiger partial charge in [0.05, 0.1) is 29.0 Å². The van der Waals surface area contributed by atoms with E-state index in [2.05, 4.69) is 25.5 Å². The number of nitrogens with zero attached hydrogens (tertiary/aromatic N) is 2. The minimum Gasteiger partial charge on any atom is -0.378 e. The molecule has 1 unspecified atom stereocenters. The molecule has 0 saturated carbocycles. The van der Waals surface area contributed by atoms with Crippen molar-refractivity contribution in [1.29, 1.82) is 0 Å². The van der Waals surface area contributed by atoms with Gasteiger partial charge in [-0.05, 0) is 39.0 Å². The molecule has 0 aliphatic carbocycles. The van der Waals surface area contributed by atoms with E-state index in [9.17, 15) is 4.79 Å². The molecule has 108 valence electrons. The Morgan fingerprint density at radius 2 is 2.10 bits per heavy atom. The van der Waals surface area contributed by atoms with Crippen LogP contribution >= 0.6 is 0 Å². The van der Waals surface area contributed by atoms with Gasteiger partial charge in [-0.15, -0.1) is 0 Å². The summed E-state index contributed by atoms with van der Waals surface area (Å²) in [5.74, 6) is 0.633. The highest BCUT2D eigenvalue weighted by molar-refractivity contribution is 5.81. The molecule has 21 heavy (non-hydrogen) atoms. The highest BCUT2D eigenvalue weighted by Gasteiger charge is 2.14. The lowest BCUT2D eigenvalue weighted by Crippen LogP contribution is -2.23.